The number of pyridine rings is 1. The Bertz CT molecular complexity index is 3040. The zero-order valence-corrected chi connectivity index (χ0v) is 33.4. The lowest BCUT2D eigenvalue weighted by molar-refractivity contribution is 0.944. The van der Waals surface area contributed by atoms with Gasteiger partial charge in [0.05, 0.1) is 5.52 Å². The number of benzene rings is 6. The summed E-state index contributed by atoms with van der Waals surface area (Å²) < 4.78 is 4.61. The minimum atomic E-state index is 0.526. The molecule has 0 fully saturated rings. The van der Waals surface area contributed by atoms with Crippen LogP contribution in [0.15, 0.2) is 200 Å². The van der Waals surface area contributed by atoms with Crippen molar-refractivity contribution in [3.05, 3.63) is 200 Å². The van der Waals surface area contributed by atoms with E-state index in [0.717, 1.165) is 60.2 Å². The lowest BCUT2D eigenvalue weighted by Crippen LogP contribution is -2.07. The number of aromatic nitrogens is 5. The van der Waals surface area contributed by atoms with Crippen LogP contribution < -0.4 is 0 Å². The molecule has 10 rings (SSSR count). The van der Waals surface area contributed by atoms with Gasteiger partial charge in [-0.3, -0.25) is 4.57 Å². The zero-order valence-electron chi connectivity index (χ0n) is 31.8. The zero-order chi connectivity index (χ0) is 39.4. The number of hydrogen-bond acceptors (Lipinski definition) is 6. The molecule has 10 aromatic rings. The third kappa shape index (κ3) is 7.13. The minimum Gasteiger partial charge on any atom is -0.262 e. The number of allylic oxidation sites excluding steroid dienone is 3. The van der Waals surface area contributed by atoms with Gasteiger partial charge in [-0.05, 0) is 82.0 Å². The predicted octanol–water partition coefficient (Wildman–Crippen LogP) is 14.0. The van der Waals surface area contributed by atoms with E-state index in [4.69, 9.17) is 19.9 Å². The maximum Gasteiger partial charge on any atom is 0.240 e. The Labute approximate surface area is 345 Å². The van der Waals surface area contributed by atoms with Crippen LogP contribution in [-0.2, 0) is 0 Å². The summed E-state index contributed by atoms with van der Waals surface area (Å²) >= 11 is 3.45. The molecule has 0 bridgehead atoms. The van der Waals surface area contributed by atoms with Gasteiger partial charge in [0.2, 0.25) is 5.95 Å². The van der Waals surface area contributed by atoms with E-state index in [2.05, 4.69) is 157 Å². The second-order valence-corrected chi connectivity index (χ2v) is 15.6. The molecule has 278 valence electrons. The number of hydrogen-bond donors (Lipinski definition) is 0. The molecule has 4 aromatic heterocycles. The van der Waals surface area contributed by atoms with Gasteiger partial charge in [0.25, 0.3) is 0 Å². The highest BCUT2D eigenvalue weighted by Crippen LogP contribution is 2.43. The molecule has 5 nitrogen and oxygen atoms in total. The van der Waals surface area contributed by atoms with Gasteiger partial charge < -0.3 is 0 Å². The fraction of sp³-hybridized carbons (Fsp3) is 0.0196. The number of thioether (sulfide) groups is 1. The van der Waals surface area contributed by atoms with Crippen LogP contribution in [0.25, 0.3) is 93.1 Å². The number of thiophene rings is 1. The molecular formula is C51H37N5S2. The van der Waals surface area contributed by atoms with Gasteiger partial charge in [-0.15, -0.1) is 23.1 Å². The summed E-state index contributed by atoms with van der Waals surface area (Å²) in [6.07, 6.45) is 9.38. The molecular weight excluding hydrogens is 747 g/mol. The molecule has 0 aliphatic rings. The van der Waals surface area contributed by atoms with E-state index in [1.54, 1.807) is 17.8 Å². The van der Waals surface area contributed by atoms with Crippen molar-refractivity contribution in [3.63, 3.8) is 0 Å². The summed E-state index contributed by atoms with van der Waals surface area (Å²) in [7, 11) is 0. The van der Waals surface area contributed by atoms with Gasteiger partial charge in [-0.25, -0.2) is 9.97 Å². The maximum atomic E-state index is 5.22. The van der Waals surface area contributed by atoms with Crippen molar-refractivity contribution >= 4 is 65.2 Å². The summed E-state index contributed by atoms with van der Waals surface area (Å²) in [6.45, 7) is 7.27. The van der Waals surface area contributed by atoms with E-state index in [1.807, 2.05) is 54.1 Å². The minimum absolute atomic E-state index is 0.526. The van der Waals surface area contributed by atoms with Crippen LogP contribution in [0.5, 0.6) is 0 Å². The molecule has 0 amide bonds. The molecule has 0 saturated carbocycles. The van der Waals surface area contributed by atoms with Gasteiger partial charge >= 0.3 is 0 Å². The van der Waals surface area contributed by atoms with Gasteiger partial charge in [0, 0.05) is 48.3 Å². The third-order valence-corrected chi connectivity index (χ3v) is 11.8. The van der Waals surface area contributed by atoms with Gasteiger partial charge in [0.15, 0.2) is 11.6 Å². The normalized spacial score (nSPS) is 11.3. The topological polar surface area (TPSA) is 56.5 Å². The predicted molar refractivity (Wildman–Crippen MR) is 249 cm³/mol. The molecule has 0 unspecified atom stereocenters. The number of fused-ring (bicyclic) bond motifs is 7. The monoisotopic (exact) mass is 783 g/mol. The lowest BCUT2D eigenvalue weighted by atomic mass is 10.0. The van der Waals surface area contributed by atoms with Crippen LogP contribution in [-0.4, -0.2) is 30.8 Å². The number of nitrogens with zero attached hydrogens (tertiary/aromatic N) is 5. The first-order valence-corrected chi connectivity index (χ1v) is 20.9. The van der Waals surface area contributed by atoms with E-state index in [9.17, 15) is 0 Å². The quantitative estimate of drug-likeness (QED) is 0.144. The summed E-state index contributed by atoms with van der Waals surface area (Å²) in [5, 5.41) is 4.70. The van der Waals surface area contributed by atoms with Crippen molar-refractivity contribution in [3.8, 4) is 51.0 Å². The Morgan fingerprint density at radius 3 is 1.81 bits per heavy atom. The van der Waals surface area contributed by atoms with Crippen LogP contribution in [0.1, 0.15) is 0 Å². The van der Waals surface area contributed by atoms with Crippen LogP contribution in [0, 0.1) is 0 Å². The van der Waals surface area contributed by atoms with Crippen LogP contribution in [0.4, 0.5) is 0 Å². The van der Waals surface area contributed by atoms with Crippen molar-refractivity contribution in [1.29, 1.82) is 0 Å². The summed E-state index contributed by atoms with van der Waals surface area (Å²) in [5.41, 5.74) is 8.12. The first kappa shape index (κ1) is 36.7. The number of rotatable bonds is 8. The summed E-state index contributed by atoms with van der Waals surface area (Å²) in [6, 6.07) is 54.8. The third-order valence-electron chi connectivity index (χ3n) is 9.99. The van der Waals surface area contributed by atoms with E-state index >= 15 is 0 Å². The second-order valence-electron chi connectivity index (χ2n) is 13.6. The van der Waals surface area contributed by atoms with Crippen molar-refractivity contribution in [2.24, 2.45) is 0 Å². The van der Waals surface area contributed by atoms with Crippen molar-refractivity contribution < 1.29 is 0 Å². The molecule has 0 radical (unpaired) electrons. The second kappa shape index (κ2) is 16.3. The SMILES string of the molecule is C=C/C=C\C(=C)SC.c1ccc(-c2cccc(-c3nc(-c4cccc(-c5ccccc5)c4)nc(-n4c5ccc6sc7ccccc7c6c5c5cccnc54)n3)c2)cc1. The van der Waals surface area contributed by atoms with Crippen molar-refractivity contribution in [2.45, 2.75) is 0 Å². The average Bonchev–Trinajstić information content (AvgIpc) is 3.85. The van der Waals surface area contributed by atoms with Gasteiger partial charge in [-0.1, -0.05) is 141 Å². The first-order valence-electron chi connectivity index (χ1n) is 18.9. The van der Waals surface area contributed by atoms with Crippen LogP contribution in [0.3, 0.4) is 0 Å². The summed E-state index contributed by atoms with van der Waals surface area (Å²) in [5.74, 6) is 1.72. The van der Waals surface area contributed by atoms with Crippen molar-refractivity contribution in [1.82, 2.24) is 24.5 Å². The molecule has 0 saturated heterocycles. The highest BCUT2D eigenvalue weighted by atomic mass is 32.2. The smallest absolute Gasteiger partial charge is 0.240 e. The lowest BCUT2D eigenvalue weighted by Gasteiger charge is -2.12. The van der Waals surface area contributed by atoms with Gasteiger partial charge in [0.1, 0.15) is 5.65 Å². The largest absolute Gasteiger partial charge is 0.262 e. The van der Waals surface area contributed by atoms with E-state index < -0.39 is 0 Å². The van der Waals surface area contributed by atoms with Crippen LogP contribution >= 0.6 is 23.1 Å². The molecule has 6 aromatic carbocycles. The molecule has 4 heterocycles. The molecule has 0 aliphatic heterocycles. The fourth-order valence-corrected chi connectivity index (χ4v) is 8.58. The average molecular weight is 784 g/mol. The van der Waals surface area contributed by atoms with Crippen LogP contribution in [0.2, 0.25) is 0 Å². The van der Waals surface area contributed by atoms with E-state index in [0.29, 0.717) is 17.6 Å². The Balaban J connectivity index is 0.000000496. The Morgan fingerprint density at radius 2 is 1.17 bits per heavy atom. The van der Waals surface area contributed by atoms with Gasteiger partial charge in [-0.2, -0.15) is 9.97 Å². The van der Waals surface area contributed by atoms with E-state index in [1.165, 1.54) is 20.2 Å². The van der Waals surface area contributed by atoms with Crippen molar-refractivity contribution in [2.75, 3.05) is 6.26 Å². The first-order chi connectivity index (χ1) is 28.6. The standard InChI is InChI=1S/C44H27N5S.C7H10S/c1-3-12-28(13-4-1)30-16-9-18-32(26-30)41-46-42(33-19-10-17-31(27-33)29-14-5-2-6-15-29)48-44(47-41)49-36-23-24-38-40(34-20-7-8-22-37(34)50-38)39(36)35-21-11-25-45-43(35)49;1-4-5-6-7(2)8-3/h1-27H;4-6H,1-2H2,3H3/b;6-5-. The van der Waals surface area contributed by atoms with E-state index in [-0.39, 0.29) is 0 Å². The molecule has 0 spiro atoms. The molecule has 58 heavy (non-hydrogen) atoms. The fourth-order valence-electron chi connectivity index (χ4n) is 7.25. The molecule has 7 heteroatoms. The Kier molecular flexibility index (Phi) is 10.3. The molecule has 0 N–H and O–H groups in total. The highest BCUT2D eigenvalue weighted by Gasteiger charge is 2.22. The molecule has 0 aliphatic carbocycles. The highest BCUT2D eigenvalue weighted by molar-refractivity contribution is 8.02. The molecule has 0 atom stereocenters. The summed E-state index contributed by atoms with van der Waals surface area (Å²) in [4.78, 5) is 21.6. The maximum absolute atomic E-state index is 5.22. The Hall–Kier alpha value is -6.93. The Morgan fingerprint density at radius 1 is 0.586 bits per heavy atom.